The molecule has 2 aromatic carbocycles. The van der Waals surface area contributed by atoms with E-state index in [4.69, 9.17) is 9.47 Å². The van der Waals surface area contributed by atoms with Gasteiger partial charge in [0.2, 0.25) is 5.01 Å². The molecule has 2 amide bonds. The smallest absolute Gasteiger partial charge is 0.286 e. The molecule has 1 aromatic heterocycles. The van der Waals surface area contributed by atoms with Gasteiger partial charge in [-0.3, -0.25) is 9.59 Å². The number of nitrogens with zero attached hydrogens (tertiary/aromatic N) is 2. The summed E-state index contributed by atoms with van der Waals surface area (Å²) < 4.78 is 11.2. The Hall–Kier alpha value is -3.46. The minimum Gasteiger partial charge on any atom is -0.486 e. The van der Waals surface area contributed by atoms with Gasteiger partial charge < -0.3 is 20.1 Å². The number of nitrogens with one attached hydrogen (secondary N) is 2. The molecule has 0 saturated carbocycles. The summed E-state index contributed by atoms with van der Waals surface area (Å²) >= 11 is 1.25. The molecule has 8 nitrogen and oxygen atoms in total. The van der Waals surface area contributed by atoms with E-state index >= 15 is 0 Å². The second-order valence-corrected chi connectivity index (χ2v) is 8.05. The molecule has 4 rings (SSSR count). The third-order valence-electron chi connectivity index (χ3n) is 4.76. The SMILES string of the molecule is CCc1nnc(C(=O)Nc2cccc(C(=O)NC(C)c3ccc4c(c3)OCCO4)c2)s1. The predicted molar refractivity (Wildman–Crippen MR) is 117 cm³/mol. The van der Waals surface area contributed by atoms with Crippen molar-refractivity contribution < 1.29 is 19.1 Å². The normalized spacial score (nSPS) is 13.4. The number of fused-ring (bicyclic) bond motifs is 1. The first-order chi connectivity index (χ1) is 15.0. The van der Waals surface area contributed by atoms with Crippen molar-refractivity contribution >= 4 is 28.8 Å². The lowest BCUT2D eigenvalue weighted by molar-refractivity contribution is 0.0938. The van der Waals surface area contributed by atoms with Crippen LogP contribution in [0.5, 0.6) is 11.5 Å². The van der Waals surface area contributed by atoms with Crippen LogP contribution in [0.25, 0.3) is 0 Å². The molecular weight excluding hydrogens is 416 g/mol. The molecule has 31 heavy (non-hydrogen) atoms. The first-order valence-corrected chi connectivity index (χ1v) is 10.8. The standard InChI is InChI=1S/C22H22N4O4S/c1-3-19-25-26-22(31-19)21(28)24-16-6-4-5-15(11-16)20(27)23-13(2)14-7-8-17-18(12-14)30-10-9-29-17/h4-8,11-13H,3,9-10H2,1-2H3,(H,23,27)(H,24,28). The third kappa shape index (κ3) is 4.83. The Morgan fingerprint density at radius 3 is 2.65 bits per heavy atom. The summed E-state index contributed by atoms with van der Waals surface area (Å²) in [6, 6.07) is 12.2. The number of rotatable bonds is 6. The summed E-state index contributed by atoms with van der Waals surface area (Å²) in [7, 11) is 0. The summed E-state index contributed by atoms with van der Waals surface area (Å²) in [5, 5.41) is 14.7. The van der Waals surface area contributed by atoms with Gasteiger partial charge in [0.05, 0.1) is 6.04 Å². The van der Waals surface area contributed by atoms with E-state index in [1.807, 2.05) is 32.0 Å². The summed E-state index contributed by atoms with van der Waals surface area (Å²) in [6.07, 6.45) is 0.724. The topological polar surface area (TPSA) is 102 Å². The van der Waals surface area contributed by atoms with Crippen LogP contribution in [0.2, 0.25) is 0 Å². The van der Waals surface area contributed by atoms with Gasteiger partial charge in [-0.25, -0.2) is 0 Å². The molecule has 2 heterocycles. The highest BCUT2D eigenvalue weighted by atomic mass is 32.1. The van der Waals surface area contributed by atoms with Crippen molar-refractivity contribution in [2.45, 2.75) is 26.3 Å². The lowest BCUT2D eigenvalue weighted by atomic mass is 10.1. The van der Waals surface area contributed by atoms with Gasteiger partial charge in [-0.15, -0.1) is 10.2 Å². The Bertz CT molecular complexity index is 1110. The molecule has 0 saturated heterocycles. The van der Waals surface area contributed by atoms with Crippen LogP contribution in [-0.2, 0) is 6.42 Å². The summed E-state index contributed by atoms with van der Waals surface area (Å²) in [5.74, 6) is 0.790. The molecule has 0 fully saturated rings. The van der Waals surface area contributed by atoms with Gasteiger partial charge in [-0.05, 0) is 49.2 Å². The monoisotopic (exact) mass is 438 g/mol. The molecule has 1 atom stereocenters. The van der Waals surface area contributed by atoms with Crippen LogP contribution >= 0.6 is 11.3 Å². The first-order valence-electron chi connectivity index (χ1n) is 9.97. The van der Waals surface area contributed by atoms with Crippen molar-refractivity contribution in [3.05, 3.63) is 63.6 Å². The van der Waals surface area contributed by atoms with Crippen LogP contribution in [0.15, 0.2) is 42.5 Å². The van der Waals surface area contributed by atoms with E-state index in [1.165, 1.54) is 11.3 Å². The molecule has 0 aliphatic carbocycles. The van der Waals surface area contributed by atoms with E-state index in [2.05, 4.69) is 20.8 Å². The number of amides is 2. The number of carbonyl (C=O) groups excluding carboxylic acids is 2. The van der Waals surface area contributed by atoms with E-state index in [-0.39, 0.29) is 17.9 Å². The maximum Gasteiger partial charge on any atom is 0.286 e. The number of hydrogen-bond donors (Lipinski definition) is 2. The van der Waals surface area contributed by atoms with Gasteiger partial charge in [0, 0.05) is 11.3 Å². The molecule has 1 aliphatic rings. The number of carbonyl (C=O) groups is 2. The fraction of sp³-hybridized carbons (Fsp3) is 0.273. The molecule has 0 spiro atoms. The average molecular weight is 439 g/mol. The molecule has 9 heteroatoms. The van der Waals surface area contributed by atoms with Crippen molar-refractivity contribution in [1.82, 2.24) is 15.5 Å². The Morgan fingerprint density at radius 1 is 1.06 bits per heavy atom. The molecule has 1 unspecified atom stereocenters. The van der Waals surface area contributed by atoms with Gasteiger partial charge in [-0.2, -0.15) is 0 Å². The number of anilines is 1. The number of aromatic nitrogens is 2. The zero-order valence-corrected chi connectivity index (χ0v) is 18.0. The van der Waals surface area contributed by atoms with E-state index in [1.54, 1.807) is 24.3 Å². The van der Waals surface area contributed by atoms with E-state index in [0.717, 1.165) is 17.0 Å². The molecule has 1 aliphatic heterocycles. The Labute approximate surface area is 183 Å². The second-order valence-electron chi connectivity index (χ2n) is 6.99. The maximum atomic E-state index is 12.8. The number of ether oxygens (including phenoxy) is 2. The average Bonchev–Trinajstić information content (AvgIpc) is 3.28. The van der Waals surface area contributed by atoms with Gasteiger partial charge in [-0.1, -0.05) is 30.4 Å². The van der Waals surface area contributed by atoms with Crippen molar-refractivity contribution in [1.29, 1.82) is 0 Å². The maximum absolute atomic E-state index is 12.8. The van der Waals surface area contributed by atoms with Crippen molar-refractivity contribution in [3.63, 3.8) is 0 Å². The van der Waals surface area contributed by atoms with E-state index in [0.29, 0.717) is 41.0 Å². The number of hydrogen-bond acceptors (Lipinski definition) is 7. The van der Waals surface area contributed by atoms with Crippen LogP contribution < -0.4 is 20.1 Å². The van der Waals surface area contributed by atoms with Crippen molar-refractivity contribution in [2.75, 3.05) is 18.5 Å². The highest BCUT2D eigenvalue weighted by Crippen LogP contribution is 2.32. The zero-order valence-electron chi connectivity index (χ0n) is 17.2. The van der Waals surface area contributed by atoms with Gasteiger partial charge >= 0.3 is 0 Å². The quantitative estimate of drug-likeness (QED) is 0.610. The lowest BCUT2D eigenvalue weighted by Crippen LogP contribution is -2.27. The molecule has 3 aromatic rings. The Morgan fingerprint density at radius 2 is 1.87 bits per heavy atom. The van der Waals surface area contributed by atoms with Crippen LogP contribution in [-0.4, -0.2) is 35.2 Å². The minimum atomic E-state index is -0.348. The van der Waals surface area contributed by atoms with Crippen molar-refractivity contribution in [3.8, 4) is 11.5 Å². The largest absolute Gasteiger partial charge is 0.486 e. The fourth-order valence-electron chi connectivity index (χ4n) is 3.10. The van der Waals surface area contributed by atoms with Gasteiger partial charge in [0.1, 0.15) is 18.2 Å². The fourth-order valence-corrected chi connectivity index (χ4v) is 3.78. The van der Waals surface area contributed by atoms with Crippen LogP contribution in [0, 0.1) is 0 Å². The molecular formula is C22H22N4O4S. The summed E-state index contributed by atoms with van der Waals surface area (Å²) in [6.45, 7) is 4.89. The Kier molecular flexibility index (Phi) is 6.13. The van der Waals surface area contributed by atoms with Crippen LogP contribution in [0.4, 0.5) is 5.69 Å². The summed E-state index contributed by atoms with van der Waals surface area (Å²) in [5.41, 5.74) is 1.86. The van der Waals surface area contributed by atoms with E-state index < -0.39 is 0 Å². The van der Waals surface area contributed by atoms with Gasteiger partial charge in [0.15, 0.2) is 11.5 Å². The summed E-state index contributed by atoms with van der Waals surface area (Å²) in [4.78, 5) is 25.1. The molecule has 160 valence electrons. The second kappa shape index (κ2) is 9.13. The van der Waals surface area contributed by atoms with Crippen LogP contribution in [0.1, 0.15) is 50.6 Å². The first kappa shape index (κ1) is 20.8. The zero-order chi connectivity index (χ0) is 21.8. The third-order valence-corrected chi connectivity index (χ3v) is 5.83. The number of benzene rings is 2. The molecule has 0 radical (unpaired) electrons. The minimum absolute atomic E-state index is 0.240. The highest BCUT2D eigenvalue weighted by molar-refractivity contribution is 7.13. The molecule has 0 bridgehead atoms. The number of aryl methyl sites for hydroxylation is 1. The Balaban J connectivity index is 1.42. The highest BCUT2D eigenvalue weighted by Gasteiger charge is 2.17. The van der Waals surface area contributed by atoms with Crippen molar-refractivity contribution in [2.24, 2.45) is 0 Å². The van der Waals surface area contributed by atoms with Gasteiger partial charge in [0.25, 0.3) is 11.8 Å². The predicted octanol–water partition coefficient (Wildman–Crippen LogP) is 3.62. The van der Waals surface area contributed by atoms with Crippen LogP contribution in [0.3, 0.4) is 0 Å². The lowest BCUT2D eigenvalue weighted by Gasteiger charge is -2.21. The van der Waals surface area contributed by atoms with E-state index in [9.17, 15) is 9.59 Å². The molecule has 2 N–H and O–H groups in total.